The van der Waals surface area contributed by atoms with Crippen LogP contribution in [0, 0.1) is 0 Å². The van der Waals surface area contributed by atoms with Crippen molar-refractivity contribution in [3.8, 4) is 0 Å². The van der Waals surface area contributed by atoms with Crippen molar-refractivity contribution in [3.63, 3.8) is 0 Å². The summed E-state index contributed by atoms with van der Waals surface area (Å²) >= 11 is 0. The minimum Gasteiger partial charge on any atom is -0.398 e. The Kier molecular flexibility index (Phi) is 5.82. The Hall–Kier alpha value is -2.64. The van der Waals surface area contributed by atoms with Crippen LogP contribution < -0.4 is 5.73 Å². The van der Waals surface area contributed by atoms with E-state index in [2.05, 4.69) is 0 Å². The maximum absolute atomic E-state index is 13.1. The lowest BCUT2D eigenvalue weighted by atomic mass is 10.2. The van der Waals surface area contributed by atoms with Gasteiger partial charge in [0.15, 0.2) is 0 Å². The third-order valence-corrected chi connectivity index (χ3v) is 8.46. The quantitative estimate of drug-likeness (QED) is 0.596. The second kappa shape index (κ2) is 8.00. The van der Waals surface area contributed by atoms with E-state index < -0.39 is 19.7 Å². The highest BCUT2D eigenvalue weighted by molar-refractivity contribution is 7.92. The summed E-state index contributed by atoms with van der Waals surface area (Å²) < 4.78 is 52.2. The van der Waals surface area contributed by atoms with Gasteiger partial charge in [0.1, 0.15) is 0 Å². The normalized spacial score (nSPS) is 12.1. The molecule has 0 saturated heterocycles. The van der Waals surface area contributed by atoms with Crippen molar-refractivity contribution in [2.24, 2.45) is 0 Å². The van der Waals surface area contributed by atoms with Gasteiger partial charge in [-0.05, 0) is 66.4 Å². The summed E-state index contributed by atoms with van der Waals surface area (Å²) in [5.74, 6) is 0. The van der Waals surface area contributed by atoms with Crippen LogP contribution >= 0.6 is 0 Å². The summed E-state index contributed by atoms with van der Waals surface area (Å²) in [5, 5.41) is 0. The summed E-state index contributed by atoms with van der Waals surface area (Å²) in [6, 6.07) is 16.8. The van der Waals surface area contributed by atoms with E-state index in [0.29, 0.717) is 0 Å². The molecule has 0 aliphatic heterocycles. The van der Waals surface area contributed by atoms with Crippen LogP contribution in [0.3, 0.4) is 0 Å². The van der Waals surface area contributed by atoms with Gasteiger partial charge in [0, 0.05) is 0 Å². The van der Waals surface area contributed by atoms with Crippen LogP contribution in [-0.4, -0.2) is 16.8 Å². The summed E-state index contributed by atoms with van der Waals surface area (Å²) in [5.41, 5.74) is 7.94. The molecular weight excluding hydrogens is 406 g/mol. The van der Waals surface area contributed by atoms with E-state index in [1.165, 1.54) is 36.4 Å². The fourth-order valence-electron chi connectivity index (χ4n) is 2.99. The molecule has 0 radical (unpaired) electrons. The molecule has 0 aromatic heterocycles. The Morgan fingerprint density at radius 1 is 0.621 bits per heavy atom. The fourth-order valence-corrected chi connectivity index (χ4v) is 5.76. The maximum atomic E-state index is 13.1. The van der Waals surface area contributed by atoms with Gasteiger partial charge in [-0.1, -0.05) is 38.1 Å². The van der Waals surface area contributed by atoms with Gasteiger partial charge in [-0.2, -0.15) is 0 Å². The lowest BCUT2D eigenvalue weighted by molar-refractivity contribution is 0.594. The van der Waals surface area contributed by atoms with Crippen LogP contribution in [0.1, 0.15) is 25.0 Å². The number of nitrogen functional groups attached to an aromatic ring is 1. The number of anilines is 1. The Morgan fingerprint density at radius 2 is 1.03 bits per heavy atom. The van der Waals surface area contributed by atoms with Gasteiger partial charge in [-0.3, -0.25) is 0 Å². The Balaban J connectivity index is 2.09. The second-order valence-electron chi connectivity index (χ2n) is 6.70. The van der Waals surface area contributed by atoms with Crippen molar-refractivity contribution in [1.82, 2.24) is 0 Å². The van der Waals surface area contributed by atoms with Crippen LogP contribution in [0.2, 0.25) is 0 Å². The average Bonchev–Trinajstić information content (AvgIpc) is 2.73. The first-order chi connectivity index (χ1) is 13.7. The molecule has 0 aliphatic carbocycles. The van der Waals surface area contributed by atoms with Gasteiger partial charge in [0.25, 0.3) is 0 Å². The molecule has 0 heterocycles. The van der Waals surface area contributed by atoms with Crippen molar-refractivity contribution < 1.29 is 16.8 Å². The number of hydrogen-bond acceptors (Lipinski definition) is 5. The number of benzene rings is 3. The molecule has 0 unspecified atom stereocenters. The monoisotopic (exact) mass is 429 g/mol. The maximum Gasteiger partial charge on any atom is 0.208 e. The molecule has 0 bridgehead atoms. The average molecular weight is 430 g/mol. The lowest BCUT2D eigenvalue weighted by Gasteiger charge is -2.11. The van der Waals surface area contributed by atoms with Crippen molar-refractivity contribution in [2.45, 2.75) is 46.3 Å². The first kappa shape index (κ1) is 21.1. The number of aryl methyl sites for hydroxylation is 2. The van der Waals surface area contributed by atoms with E-state index >= 15 is 0 Å². The molecule has 0 saturated carbocycles. The van der Waals surface area contributed by atoms with Crippen molar-refractivity contribution >= 4 is 25.4 Å². The number of rotatable bonds is 6. The number of hydrogen-bond donors (Lipinski definition) is 1. The van der Waals surface area contributed by atoms with E-state index in [1.807, 2.05) is 13.8 Å². The van der Waals surface area contributed by atoms with Gasteiger partial charge in [-0.25, -0.2) is 16.8 Å². The Morgan fingerprint density at radius 3 is 1.48 bits per heavy atom. The van der Waals surface area contributed by atoms with Crippen LogP contribution in [0.15, 0.2) is 86.3 Å². The molecule has 0 atom stereocenters. The molecule has 152 valence electrons. The highest BCUT2D eigenvalue weighted by Crippen LogP contribution is 2.31. The van der Waals surface area contributed by atoms with Gasteiger partial charge in [0.2, 0.25) is 19.7 Å². The Labute approximate surface area is 172 Å². The molecule has 0 fully saturated rings. The predicted molar refractivity (Wildman–Crippen MR) is 113 cm³/mol. The number of sulfone groups is 2. The van der Waals surface area contributed by atoms with Crippen LogP contribution in [0.5, 0.6) is 0 Å². The largest absolute Gasteiger partial charge is 0.398 e. The predicted octanol–water partition coefficient (Wildman–Crippen LogP) is 4.06. The van der Waals surface area contributed by atoms with E-state index in [9.17, 15) is 16.8 Å². The summed E-state index contributed by atoms with van der Waals surface area (Å²) in [6.07, 6.45) is 1.58. The van der Waals surface area contributed by atoms with Crippen molar-refractivity contribution in [2.75, 3.05) is 5.73 Å². The highest BCUT2D eigenvalue weighted by atomic mass is 32.2. The molecule has 3 rings (SSSR count). The molecule has 3 aromatic rings. The van der Waals surface area contributed by atoms with Crippen LogP contribution in [0.4, 0.5) is 5.69 Å². The minimum absolute atomic E-state index is 0.00449. The molecule has 0 aliphatic rings. The van der Waals surface area contributed by atoms with Crippen LogP contribution in [-0.2, 0) is 32.5 Å². The SMILES string of the molecule is CCc1ccc(S(=O)(=O)c2ccc(N)c(S(=O)(=O)c3ccc(CC)cc3)c2)cc1. The third-order valence-electron chi connectivity index (χ3n) is 4.87. The zero-order valence-corrected chi connectivity index (χ0v) is 17.9. The molecular formula is C22H23NO4S2. The van der Waals surface area contributed by atoms with E-state index in [0.717, 1.165) is 30.0 Å². The zero-order chi connectivity index (χ0) is 21.2. The van der Waals surface area contributed by atoms with Crippen molar-refractivity contribution in [1.29, 1.82) is 0 Å². The zero-order valence-electron chi connectivity index (χ0n) is 16.3. The Bertz CT molecular complexity index is 1230. The second-order valence-corrected chi connectivity index (χ2v) is 10.6. The molecule has 3 aromatic carbocycles. The molecule has 0 amide bonds. The molecule has 7 heteroatoms. The molecule has 0 spiro atoms. The van der Waals surface area contributed by atoms with Gasteiger partial charge in [0.05, 0.1) is 25.3 Å². The van der Waals surface area contributed by atoms with Crippen molar-refractivity contribution in [3.05, 3.63) is 77.9 Å². The van der Waals surface area contributed by atoms with Gasteiger partial charge >= 0.3 is 0 Å². The minimum atomic E-state index is -3.96. The van der Waals surface area contributed by atoms with Gasteiger partial charge < -0.3 is 5.73 Å². The first-order valence-electron chi connectivity index (χ1n) is 9.27. The van der Waals surface area contributed by atoms with E-state index in [-0.39, 0.29) is 25.3 Å². The number of nitrogens with two attached hydrogens (primary N) is 1. The smallest absolute Gasteiger partial charge is 0.208 e. The van der Waals surface area contributed by atoms with Crippen LogP contribution in [0.25, 0.3) is 0 Å². The fraction of sp³-hybridized carbons (Fsp3) is 0.182. The molecule has 29 heavy (non-hydrogen) atoms. The van der Waals surface area contributed by atoms with E-state index in [1.54, 1.807) is 24.3 Å². The lowest BCUT2D eigenvalue weighted by Crippen LogP contribution is -2.09. The van der Waals surface area contributed by atoms with Gasteiger partial charge in [-0.15, -0.1) is 0 Å². The van der Waals surface area contributed by atoms with E-state index in [4.69, 9.17) is 5.73 Å². The topological polar surface area (TPSA) is 94.3 Å². The first-order valence-corrected chi connectivity index (χ1v) is 12.2. The molecule has 2 N–H and O–H groups in total. The molecule has 5 nitrogen and oxygen atoms in total. The summed E-state index contributed by atoms with van der Waals surface area (Å²) in [7, 11) is -7.84. The standard InChI is InChI=1S/C22H23NO4S2/c1-3-16-5-9-18(10-6-16)28(24,25)20-13-14-21(23)22(15-20)29(26,27)19-11-7-17(4-2)8-12-19/h5-15H,3-4,23H2,1-2H3. The third kappa shape index (κ3) is 4.06. The summed E-state index contributed by atoms with van der Waals surface area (Å²) in [6.45, 7) is 3.95. The summed E-state index contributed by atoms with van der Waals surface area (Å²) in [4.78, 5) is -0.147. The highest BCUT2D eigenvalue weighted by Gasteiger charge is 2.25.